The van der Waals surface area contributed by atoms with E-state index in [0.717, 1.165) is 12.1 Å². The molecule has 0 heterocycles. The molecule has 2 rings (SSSR count). The number of ether oxygens (including phenoxy) is 1. The summed E-state index contributed by atoms with van der Waals surface area (Å²) in [6.07, 6.45) is 0. The van der Waals surface area contributed by atoms with Crippen LogP contribution in [0.3, 0.4) is 0 Å². The van der Waals surface area contributed by atoms with Gasteiger partial charge in [0.25, 0.3) is 5.69 Å². The topological polar surface area (TPSA) is 76.2 Å². The number of hydrogen-bond donors (Lipinski definition) is 0. The summed E-state index contributed by atoms with van der Waals surface area (Å²) in [5.41, 5.74) is -0.251. The van der Waals surface area contributed by atoms with Gasteiger partial charge in [-0.15, -0.1) is 0 Å². The molecule has 0 amide bonds. The molecule has 0 saturated heterocycles. The number of nitro benzene ring substituents is 1. The summed E-state index contributed by atoms with van der Waals surface area (Å²) in [7, 11) is 0. The van der Waals surface area contributed by atoms with Crippen molar-refractivity contribution in [1.82, 2.24) is 0 Å². The average molecular weight is 290 g/mol. The van der Waals surface area contributed by atoms with Crippen molar-refractivity contribution in [1.29, 1.82) is 5.26 Å². The van der Waals surface area contributed by atoms with Gasteiger partial charge < -0.3 is 4.74 Å². The monoisotopic (exact) mass is 290 g/mol. The molecule has 0 atom stereocenters. The standard InChI is InChI=1S/C14H8F2N2O3/c15-10-4-5-14(12(16)6-10)21-8-9-2-1-3-13(18(19)20)11(9)7-17/h1-6H,8H2. The summed E-state index contributed by atoms with van der Waals surface area (Å²) >= 11 is 0. The van der Waals surface area contributed by atoms with Crippen LogP contribution < -0.4 is 4.74 Å². The third-order valence-corrected chi connectivity index (χ3v) is 2.71. The first-order valence-electron chi connectivity index (χ1n) is 5.77. The average Bonchev–Trinajstić information content (AvgIpc) is 2.45. The van der Waals surface area contributed by atoms with Gasteiger partial charge in [-0.2, -0.15) is 5.26 Å². The molecule has 7 heteroatoms. The molecular weight excluding hydrogens is 282 g/mol. The van der Waals surface area contributed by atoms with Crippen LogP contribution in [0.2, 0.25) is 0 Å². The van der Waals surface area contributed by atoms with E-state index in [1.54, 1.807) is 6.07 Å². The summed E-state index contributed by atoms with van der Waals surface area (Å²) in [6.45, 7) is -0.243. The Bertz CT molecular complexity index is 741. The maximum Gasteiger partial charge on any atom is 0.287 e. The molecule has 0 aliphatic rings. The molecule has 0 radical (unpaired) electrons. The second-order valence-corrected chi connectivity index (χ2v) is 4.04. The molecule has 0 aromatic heterocycles. The summed E-state index contributed by atoms with van der Waals surface area (Å²) in [6, 6.07) is 8.58. The first kappa shape index (κ1) is 14.4. The van der Waals surface area contributed by atoms with Crippen molar-refractivity contribution in [3.63, 3.8) is 0 Å². The Morgan fingerprint density at radius 2 is 2.05 bits per heavy atom. The van der Waals surface area contributed by atoms with E-state index in [1.165, 1.54) is 18.2 Å². The Labute approximate surface area is 118 Å². The van der Waals surface area contributed by atoms with Gasteiger partial charge in [0.15, 0.2) is 11.6 Å². The molecule has 0 N–H and O–H groups in total. The van der Waals surface area contributed by atoms with Crippen LogP contribution in [0.1, 0.15) is 11.1 Å². The Hall–Kier alpha value is -3.01. The summed E-state index contributed by atoms with van der Waals surface area (Å²) < 4.78 is 31.3. The van der Waals surface area contributed by atoms with E-state index in [9.17, 15) is 18.9 Å². The Kier molecular flexibility index (Phi) is 4.09. The molecule has 0 fully saturated rings. The van der Waals surface area contributed by atoms with Crippen LogP contribution >= 0.6 is 0 Å². The molecule has 5 nitrogen and oxygen atoms in total. The van der Waals surface area contributed by atoms with Gasteiger partial charge in [0, 0.05) is 17.7 Å². The number of nitriles is 1. The van der Waals surface area contributed by atoms with Crippen molar-refractivity contribution < 1.29 is 18.4 Å². The molecule has 0 saturated carbocycles. The highest BCUT2D eigenvalue weighted by Gasteiger charge is 2.17. The second kappa shape index (κ2) is 5.96. The molecule has 106 valence electrons. The van der Waals surface area contributed by atoms with Gasteiger partial charge in [-0.25, -0.2) is 8.78 Å². The Balaban J connectivity index is 2.26. The van der Waals surface area contributed by atoms with Crippen molar-refractivity contribution >= 4 is 5.69 Å². The third-order valence-electron chi connectivity index (χ3n) is 2.71. The predicted octanol–water partition coefficient (Wildman–Crippen LogP) is 3.32. The van der Waals surface area contributed by atoms with Crippen LogP contribution in [0, 0.1) is 33.1 Å². The highest BCUT2D eigenvalue weighted by atomic mass is 19.1. The van der Waals surface area contributed by atoms with E-state index in [1.807, 2.05) is 0 Å². The van der Waals surface area contributed by atoms with E-state index in [4.69, 9.17) is 10.00 Å². The normalized spacial score (nSPS) is 9.95. The first-order valence-corrected chi connectivity index (χ1v) is 5.77. The minimum Gasteiger partial charge on any atom is -0.486 e. The molecule has 0 aliphatic carbocycles. The van der Waals surface area contributed by atoms with Gasteiger partial charge in [0.2, 0.25) is 0 Å². The van der Waals surface area contributed by atoms with Gasteiger partial charge in [0.1, 0.15) is 24.1 Å². The van der Waals surface area contributed by atoms with Crippen molar-refractivity contribution in [3.8, 4) is 11.8 Å². The summed E-state index contributed by atoms with van der Waals surface area (Å²) in [4.78, 5) is 10.1. The van der Waals surface area contributed by atoms with Crippen molar-refractivity contribution in [2.24, 2.45) is 0 Å². The minimum atomic E-state index is -0.890. The number of halogens is 2. The molecule has 0 aliphatic heterocycles. The maximum atomic E-state index is 13.4. The molecular formula is C14H8F2N2O3. The number of nitrogens with zero attached hydrogens (tertiary/aromatic N) is 2. The first-order chi connectivity index (χ1) is 10.0. The van der Waals surface area contributed by atoms with E-state index >= 15 is 0 Å². The molecule has 2 aromatic carbocycles. The smallest absolute Gasteiger partial charge is 0.287 e. The number of benzene rings is 2. The lowest BCUT2D eigenvalue weighted by molar-refractivity contribution is -0.385. The van der Waals surface area contributed by atoms with E-state index in [-0.39, 0.29) is 29.2 Å². The fraction of sp³-hybridized carbons (Fsp3) is 0.0714. The van der Waals surface area contributed by atoms with Crippen LogP contribution in [0.4, 0.5) is 14.5 Å². The third kappa shape index (κ3) is 3.12. The minimum absolute atomic E-state index is 0.148. The highest BCUT2D eigenvalue weighted by molar-refractivity contribution is 5.53. The summed E-state index contributed by atoms with van der Waals surface area (Å²) in [5.74, 6) is -1.83. The zero-order valence-corrected chi connectivity index (χ0v) is 10.5. The van der Waals surface area contributed by atoms with E-state index < -0.39 is 16.6 Å². The van der Waals surface area contributed by atoms with Crippen LogP contribution in [0.25, 0.3) is 0 Å². The summed E-state index contributed by atoms with van der Waals surface area (Å²) in [5, 5.41) is 19.8. The van der Waals surface area contributed by atoms with Crippen LogP contribution in [0.5, 0.6) is 5.75 Å². The number of hydrogen-bond acceptors (Lipinski definition) is 4. The van der Waals surface area contributed by atoms with Crippen LogP contribution in [-0.4, -0.2) is 4.92 Å². The number of nitro groups is 1. The highest BCUT2D eigenvalue weighted by Crippen LogP contribution is 2.24. The van der Waals surface area contributed by atoms with Gasteiger partial charge in [-0.05, 0) is 12.1 Å². The fourth-order valence-electron chi connectivity index (χ4n) is 1.74. The van der Waals surface area contributed by atoms with Crippen LogP contribution in [0.15, 0.2) is 36.4 Å². The lowest BCUT2D eigenvalue weighted by atomic mass is 10.1. The van der Waals surface area contributed by atoms with Gasteiger partial charge in [-0.3, -0.25) is 10.1 Å². The largest absolute Gasteiger partial charge is 0.486 e. The van der Waals surface area contributed by atoms with Crippen molar-refractivity contribution in [2.45, 2.75) is 6.61 Å². The molecule has 0 bridgehead atoms. The predicted molar refractivity (Wildman–Crippen MR) is 68.5 cm³/mol. The molecule has 0 spiro atoms. The second-order valence-electron chi connectivity index (χ2n) is 4.04. The van der Waals surface area contributed by atoms with Crippen LogP contribution in [-0.2, 0) is 6.61 Å². The fourth-order valence-corrected chi connectivity index (χ4v) is 1.74. The number of rotatable bonds is 4. The van der Waals surface area contributed by atoms with E-state index in [0.29, 0.717) is 6.07 Å². The van der Waals surface area contributed by atoms with Gasteiger partial charge in [-0.1, -0.05) is 12.1 Å². The Morgan fingerprint density at radius 3 is 2.67 bits per heavy atom. The molecule has 2 aromatic rings. The molecule has 0 unspecified atom stereocenters. The lowest BCUT2D eigenvalue weighted by Gasteiger charge is -2.08. The quantitative estimate of drug-likeness (QED) is 0.639. The molecule has 21 heavy (non-hydrogen) atoms. The van der Waals surface area contributed by atoms with Crippen molar-refractivity contribution in [3.05, 3.63) is 69.3 Å². The SMILES string of the molecule is N#Cc1c(COc2ccc(F)cc2F)cccc1[N+](=O)[O-]. The zero-order valence-electron chi connectivity index (χ0n) is 10.5. The van der Waals surface area contributed by atoms with Gasteiger partial charge in [0.05, 0.1) is 4.92 Å². The van der Waals surface area contributed by atoms with Gasteiger partial charge >= 0.3 is 0 Å². The lowest BCUT2D eigenvalue weighted by Crippen LogP contribution is -2.02. The van der Waals surface area contributed by atoms with Crippen molar-refractivity contribution in [2.75, 3.05) is 0 Å². The Morgan fingerprint density at radius 1 is 1.29 bits per heavy atom. The van der Waals surface area contributed by atoms with E-state index in [2.05, 4.69) is 0 Å². The zero-order chi connectivity index (χ0) is 15.4. The maximum absolute atomic E-state index is 13.4.